The van der Waals surface area contributed by atoms with E-state index in [9.17, 15) is 8.42 Å². The number of nitrogens with two attached hydrogens (primary N) is 1. The highest BCUT2D eigenvalue weighted by Gasteiger charge is 2.11. The molecule has 112 valence electrons. The van der Waals surface area contributed by atoms with E-state index in [2.05, 4.69) is 16.9 Å². The Labute approximate surface area is 124 Å². The third-order valence-electron chi connectivity index (χ3n) is 2.52. The number of sulfonamides is 1. The summed E-state index contributed by atoms with van der Waals surface area (Å²) in [6, 6.07) is 5.43. The zero-order valence-corrected chi connectivity index (χ0v) is 13.0. The molecule has 1 aromatic carbocycles. The van der Waals surface area contributed by atoms with Gasteiger partial charge in [-0.3, -0.25) is 0 Å². The Morgan fingerprint density at radius 1 is 1.30 bits per heavy atom. The van der Waals surface area contributed by atoms with Crippen molar-refractivity contribution in [1.29, 1.82) is 0 Å². The van der Waals surface area contributed by atoms with Gasteiger partial charge in [0, 0.05) is 6.54 Å². The number of hydrogen-bond donors (Lipinski definition) is 2. The molecule has 8 heteroatoms. The molecule has 0 amide bonds. The Morgan fingerprint density at radius 2 is 1.95 bits per heavy atom. The zero-order valence-electron chi connectivity index (χ0n) is 11.4. The van der Waals surface area contributed by atoms with Gasteiger partial charge in [-0.1, -0.05) is 18.3 Å². The second kappa shape index (κ2) is 7.41. The minimum Gasteiger partial charge on any atom is -0.493 e. The monoisotopic (exact) mass is 318 g/mol. The summed E-state index contributed by atoms with van der Waals surface area (Å²) in [6.07, 6.45) is 0.525. The van der Waals surface area contributed by atoms with Crippen LogP contribution in [0.4, 0.5) is 0 Å². The van der Waals surface area contributed by atoms with Crippen molar-refractivity contribution < 1.29 is 17.9 Å². The third kappa shape index (κ3) is 5.32. The number of rotatable bonds is 8. The standard InChI is InChI=1S/C12H18N2O4S2/c1-17-10-4-3-9(7-11(10)18-2)5-6-14-20(15,16)8-12(13)19/h3-4,7,14H,5-6,8H2,1-2H3,(H2,13,19). The highest BCUT2D eigenvalue weighted by atomic mass is 32.2. The molecular weight excluding hydrogens is 300 g/mol. The molecule has 6 nitrogen and oxygen atoms in total. The second-order valence-corrected chi connectivity index (χ2v) is 6.39. The van der Waals surface area contributed by atoms with E-state index in [-0.39, 0.29) is 17.3 Å². The summed E-state index contributed by atoms with van der Waals surface area (Å²) in [7, 11) is -0.347. The van der Waals surface area contributed by atoms with Crippen molar-refractivity contribution in [2.75, 3.05) is 26.5 Å². The number of benzene rings is 1. The molecule has 0 atom stereocenters. The van der Waals surface area contributed by atoms with E-state index >= 15 is 0 Å². The first kappa shape index (κ1) is 16.7. The molecule has 0 spiro atoms. The first-order valence-electron chi connectivity index (χ1n) is 5.84. The topological polar surface area (TPSA) is 90.7 Å². The Balaban J connectivity index is 2.60. The first-order chi connectivity index (χ1) is 9.38. The first-order valence-corrected chi connectivity index (χ1v) is 7.90. The molecular formula is C12H18N2O4S2. The van der Waals surface area contributed by atoms with Gasteiger partial charge in [0.2, 0.25) is 10.0 Å². The summed E-state index contributed by atoms with van der Waals surface area (Å²) < 4.78 is 35.8. The van der Waals surface area contributed by atoms with Gasteiger partial charge in [0.25, 0.3) is 0 Å². The van der Waals surface area contributed by atoms with Crippen molar-refractivity contribution in [1.82, 2.24) is 4.72 Å². The van der Waals surface area contributed by atoms with E-state index < -0.39 is 10.0 Å². The van der Waals surface area contributed by atoms with Crippen LogP contribution in [0.15, 0.2) is 18.2 Å². The van der Waals surface area contributed by atoms with Gasteiger partial charge in [0.1, 0.15) is 5.75 Å². The fourth-order valence-electron chi connectivity index (χ4n) is 1.63. The lowest BCUT2D eigenvalue weighted by atomic mass is 10.1. The predicted octanol–water partition coefficient (Wildman–Crippen LogP) is 0.452. The fourth-order valence-corrected chi connectivity index (χ4v) is 2.98. The lowest BCUT2D eigenvalue weighted by Gasteiger charge is -2.10. The lowest BCUT2D eigenvalue weighted by Crippen LogP contribution is -2.33. The maximum absolute atomic E-state index is 11.5. The smallest absolute Gasteiger partial charge is 0.218 e. The molecule has 0 aliphatic rings. The SMILES string of the molecule is COc1ccc(CCNS(=O)(=O)CC(N)=S)cc1OC. The van der Waals surface area contributed by atoms with Gasteiger partial charge in [0.05, 0.1) is 19.2 Å². The molecule has 1 aromatic rings. The third-order valence-corrected chi connectivity index (χ3v) is 4.18. The van der Waals surface area contributed by atoms with Crippen LogP contribution in [-0.2, 0) is 16.4 Å². The molecule has 20 heavy (non-hydrogen) atoms. The van der Waals surface area contributed by atoms with Gasteiger partial charge in [-0.2, -0.15) is 0 Å². The van der Waals surface area contributed by atoms with E-state index in [4.69, 9.17) is 15.2 Å². The number of ether oxygens (including phenoxy) is 2. The quantitative estimate of drug-likeness (QED) is 0.677. The van der Waals surface area contributed by atoms with Crippen LogP contribution in [0.1, 0.15) is 5.56 Å². The molecule has 0 radical (unpaired) electrons. The summed E-state index contributed by atoms with van der Waals surface area (Å²) in [5.74, 6) is 0.898. The molecule has 0 aliphatic carbocycles. The summed E-state index contributed by atoms with van der Waals surface area (Å²) in [6.45, 7) is 0.264. The normalized spacial score (nSPS) is 11.1. The van der Waals surface area contributed by atoms with Crippen LogP contribution in [0.5, 0.6) is 11.5 Å². The molecule has 1 rings (SSSR count). The van der Waals surface area contributed by atoms with E-state index in [1.54, 1.807) is 26.4 Å². The summed E-state index contributed by atoms with van der Waals surface area (Å²) in [5.41, 5.74) is 6.14. The predicted molar refractivity (Wildman–Crippen MR) is 81.8 cm³/mol. The molecule has 0 fully saturated rings. The van der Waals surface area contributed by atoms with E-state index in [0.29, 0.717) is 17.9 Å². The van der Waals surface area contributed by atoms with Crippen molar-refractivity contribution >= 4 is 27.2 Å². The number of thiocarbonyl (C=S) groups is 1. The van der Waals surface area contributed by atoms with Gasteiger partial charge < -0.3 is 15.2 Å². The maximum Gasteiger partial charge on any atom is 0.218 e. The number of nitrogens with one attached hydrogen (secondary N) is 1. The second-order valence-electron chi connectivity index (χ2n) is 4.06. The highest BCUT2D eigenvalue weighted by molar-refractivity contribution is 7.92. The van der Waals surface area contributed by atoms with Crippen molar-refractivity contribution in [3.05, 3.63) is 23.8 Å². The maximum atomic E-state index is 11.5. The Kier molecular flexibility index (Phi) is 6.18. The van der Waals surface area contributed by atoms with Crippen molar-refractivity contribution in [2.45, 2.75) is 6.42 Å². The highest BCUT2D eigenvalue weighted by Crippen LogP contribution is 2.27. The Hall–Kier alpha value is -1.38. The fraction of sp³-hybridized carbons (Fsp3) is 0.417. The molecule has 0 bridgehead atoms. The summed E-state index contributed by atoms with van der Waals surface area (Å²) in [4.78, 5) is -0.0522. The van der Waals surface area contributed by atoms with Crippen LogP contribution < -0.4 is 19.9 Å². The van der Waals surface area contributed by atoms with Crippen molar-refractivity contribution in [3.8, 4) is 11.5 Å². The average Bonchev–Trinajstić information content (AvgIpc) is 2.36. The van der Waals surface area contributed by atoms with Crippen LogP contribution in [-0.4, -0.2) is 39.9 Å². The van der Waals surface area contributed by atoms with Gasteiger partial charge in [-0.05, 0) is 24.1 Å². The largest absolute Gasteiger partial charge is 0.493 e. The van der Waals surface area contributed by atoms with Gasteiger partial charge in [-0.25, -0.2) is 13.1 Å². The van der Waals surface area contributed by atoms with Crippen LogP contribution in [0, 0.1) is 0 Å². The van der Waals surface area contributed by atoms with Crippen LogP contribution >= 0.6 is 12.2 Å². The molecule has 0 saturated heterocycles. The van der Waals surface area contributed by atoms with E-state index in [1.165, 1.54) is 0 Å². The lowest BCUT2D eigenvalue weighted by molar-refractivity contribution is 0.354. The average molecular weight is 318 g/mol. The molecule has 0 aromatic heterocycles. The van der Waals surface area contributed by atoms with Gasteiger partial charge in [0.15, 0.2) is 11.5 Å². The molecule has 0 saturated carbocycles. The summed E-state index contributed by atoms with van der Waals surface area (Å²) in [5, 5.41) is 0. The minimum atomic E-state index is -3.45. The Bertz CT molecular complexity index is 573. The Morgan fingerprint density at radius 3 is 2.50 bits per heavy atom. The van der Waals surface area contributed by atoms with Crippen LogP contribution in [0.25, 0.3) is 0 Å². The summed E-state index contributed by atoms with van der Waals surface area (Å²) >= 11 is 4.58. The van der Waals surface area contributed by atoms with E-state index in [1.807, 2.05) is 6.07 Å². The van der Waals surface area contributed by atoms with Gasteiger partial charge in [-0.15, -0.1) is 0 Å². The minimum absolute atomic E-state index is 0.0522. The van der Waals surface area contributed by atoms with E-state index in [0.717, 1.165) is 5.56 Å². The van der Waals surface area contributed by atoms with Crippen molar-refractivity contribution in [2.24, 2.45) is 5.73 Å². The molecule has 0 aliphatic heterocycles. The zero-order chi connectivity index (χ0) is 15.2. The number of hydrogen-bond acceptors (Lipinski definition) is 5. The molecule has 0 heterocycles. The van der Waals surface area contributed by atoms with Crippen molar-refractivity contribution in [3.63, 3.8) is 0 Å². The van der Waals surface area contributed by atoms with Crippen LogP contribution in [0.3, 0.4) is 0 Å². The van der Waals surface area contributed by atoms with Crippen LogP contribution in [0.2, 0.25) is 0 Å². The van der Waals surface area contributed by atoms with Gasteiger partial charge >= 0.3 is 0 Å². The number of methoxy groups -OCH3 is 2. The molecule has 0 unspecified atom stereocenters. The molecule has 3 N–H and O–H groups in total.